The minimum Gasteiger partial charge on any atom is -0.335 e. The van der Waals surface area contributed by atoms with Gasteiger partial charge in [-0.1, -0.05) is 30.3 Å². The van der Waals surface area contributed by atoms with Crippen LogP contribution in [0.25, 0.3) is 5.65 Å². The Bertz CT molecular complexity index is 829. The van der Waals surface area contributed by atoms with Crippen molar-refractivity contribution in [1.29, 1.82) is 0 Å². The SMILES string of the molecule is O=C(c1ccn2cnnc2c1)N1CCNC(c2ccccc2)C1. The van der Waals surface area contributed by atoms with Crippen molar-refractivity contribution in [3.63, 3.8) is 0 Å². The van der Waals surface area contributed by atoms with Gasteiger partial charge in [0, 0.05) is 37.4 Å². The van der Waals surface area contributed by atoms with Crippen LogP contribution < -0.4 is 5.32 Å². The van der Waals surface area contributed by atoms with Gasteiger partial charge in [-0.05, 0) is 17.7 Å². The first-order chi connectivity index (χ1) is 11.3. The average Bonchev–Trinajstić information content (AvgIpc) is 3.09. The highest BCUT2D eigenvalue weighted by atomic mass is 16.2. The van der Waals surface area contributed by atoms with E-state index in [9.17, 15) is 4.79 Å². The number of hydrogen-bond acceptors (Lipinski definition) is 4. The molecule has 1 atom stereocenters. The van der Waals surface area contributed by atoms with Crippen molar-refractivity contribution in [1.82, 2.24) is 24.8 Å². The Morgan fingerprint density at radius 2 is 2.09 bits per heavy atom. The number of fused-ring (bicyclic) bond motifs is 1. The minimum absolute atomic E-state index is 0.0398. The van der Waals surface area contributed by atoms with Crippen molar-refractivity contribution >= 4 is 11.6 Å². The molecule has 1 saturated heterocycles. The summed E-state index contributed by atoms with van der Waals surface area (Å²) in [6, 6.07) is 14.0. The maximum Gasteiger partial charge on any atom is 0.254 e. The van der Waals surface area contributed by atoms with Crippen LogP contribution in [0.4, 0.5) is 0 Å². The fourth-order valence-electron chi connectivity index (χ4n) is 2.98. The first kappa shape index (κ1) is 13.9. The number of carbonyl (C=O) groups excluding carboxylic acids is 1. The summed E-state index contributed by atoms with van der Waals surface area (Å²) in [7, 11) is 0. The Morgan fingerprint density at radius 3 is 2.96 bits per heavy atom. The fourth-order valence-corrected chi connectivity index (χ4v) is 2.98. The van der Waals surface area contributed by atoms with Crippen LogP contribution in [0.15, 0.2) is 55.0 Å². The van der Waals surface area contributed by atoms with E-state index >= 15 is 0 Å². The topological polar surface area (TPSA) is 62.5 Å². The summed E-state index contributed by atoms with van der Waals surface area (Å²) in [5.74, 6) is 0.0398. The number of nitrogens with one attached hydrogen (secondary N) is 1. The second-order valence-electron chi connectivity index (χ2n) is 5.68. The lowest BCUT2D eigenvalue weighted by molar-refractivity contribution is 0.0703. The standard InChI is InChI=1S/C17H17N5O/c23-17(14-6-8-22-12-19-20-16(22)10-14)21-9-7-18-15(11-21)13-4-2-1-3-5-13/h1-6,8,10,12,15,18H,7,9,11H2. The van der Waals surface area contributed by atoms with Gasteiger partial charge in [0.15, 0.2) is 5.65 Å². The molecule has 0 aliphatic carbocycles. The summed E-state index contributed by atoms with van der Waals surface area (Å²) in [4.78, 5) is 14.7. The Hall–Kier alpha value is -2.73. The molecule has 1 unspecified atom stereocenters. The second kappa shape index (κ2) is 5.81. The lowest BCUT2D eigenvalue weighted by atomic mass is 10.0. The van der Waals surface area contributed by atoms with E-state index < -0.39 is 0 Å². The van der Waals surface area contributed by atoms with Crippen molar-refractivity contribution in [3.8, 4) is 0 Å². The van der Waals surface area contributed by atoms with Crippen molar-refractivity contribution in [2.75, 3.05) is 19.6 Å². The molecular weight excluding hydrogens is 290 g/mol. The zero-order valence-corrected chi connectivity index (χ0v) is 12.6. The largest absolute Gasteiger partial charge is 0.335 e. The number of rotatable bonds is 2. The van der Waals surface area contributed by atoms with E-state index in [1.54, 1.807) is 16.8 Å². The second-order valence-corrected chi connectivity index (χ2v) is 5.68. The zero-order chi connectivity index (χ0) is 15.6. The van der Waals surface area contributed by atoms with Crippen LogP contribution in [-0.4, -0.2) is 45.0 Å². The van der Waals surface area contributed by atoms with Gasteiger partial charge in [-0.25, -0.2) is 0 Å². The third kappa shape index (κ3) is 2.68. The maximum atomic E-state index is 12.8. The number of piperazine rings is 1. The maximum absolute atomic E-state index is 12.8. The molecule has 4 rings (SSSR count). The molecule has 6 nitrogen and oxygen atoms in total. The van der Waals surface area contributed by atoms with Gasteiger partial charge in [-0.15, -0.1) is 10.2 Å². The summed E-state index contributed by atoms with van der Waals surface area (Å²) in [6.07, 6.45) is 3.44. The highest BCUT2D eigenvalue weighted by Crippen LogP contribution is 2.19. The van der Waals surface area contributed by atoms with Gasteiger partial charge in [0.2, 0.25) is 0 Å². The summed E-state index contributed by atoms with van der Waals surface area (Å²) >= 11 is 0. The van der Waals surface area contributed by atoms with Gasteiger partial charge in [0.25, 0.3) is 5.91 Å². The Labute approximate surface area is 133 Å². The van der Waals surface area contributed by atoms with Gasteiger partial charge < -0.3 is 10.2 Å². The normalized spacial score (nSPS) is 18.3. The van der Waals surface area contributed by atoms with Crippen LogP contribution in [-0.2, 0) is 0 Å². The van der Waals surface area contributed by atoms with Crippen LogP contribution in [0.5, 0.6) is 0 Å². The van der Waals surface area contributed by atoms with Crippen LogP contribution in [0.2, 0.25) is 0 Å². The van der Waals surface area contributed by atoms with Crippen molar-refractivity contribution in [2.45, 2.75) is 6.04 Å². The number of aromatic nitrogens is 3. The lowest BCUT2D eigenvalue weighted by Crippen LogP contribution is -2.48. The number of carbonyl (C=O) groups is 1. The summed E-state index contributed by atoms with van der Waals surface area (Å²) in [5, 5.41) is 11.3. The first-order valence-corrected chi connectivity index (χ1v) is 7.68. The van der Waals surface area contributed by atoms with Crippen molar-refractivity contribution in [2.24, 2.45) is 0 Å². The molecule has 1 aliphatic rings. The van der Waals surface area contributed by atoms with Crippen LogP contribution in [0.3, 0.4) is 0 Å². The molecule has 1 aliphatic heterocycles. The molecule has 1 aromatic carbocycles. The third-order valence-electron chi connectivity index (χ3n) is 4.21. The van der Waals surface area contributed by atoms with Crippen molar-refractivity contribution < 1.29 is 4.79 Å². The molecule has 6 heteroatoms. The fraction of sp³-hybridized carbons (Fsp3) is 0.235. The van der Waals surface area contributed by atoms with E-state index in [0.29, 0.717) is 24.3 Å². The number of nitrogens with zero attached hydrogens (tertiary/aromatic N) is 4. The molecule has 23 heavy (non-hydrogen) atoms. The molecule has 0 bridgehead atoms. The third-order valence-corrected chi connectivity index (χ3v) is 4.21. The molecule has 2 aromatic heterocycles. The molecule has 116 valence electrons. The number of hydrogen-bond donors (Lipinski definition) is 1. The minimum atomic E-state index is 0.0398. The Morgan fingerprint density at radius 1 is 1.22 bits per heavy atom. The van der Waals surface area contributed by atoms with Crippen molar-refractivity contribution in [3.05, 3.63) is 66.1 Å². The molecular formula is C17H17N5O. The number of pyridine rings is 1. The monoisotopic (exact) mass is 307 g/mol. The van der Waals surface area contributed by atoms with E-state index in [4.69, 9.17) is 0 Å². The lowest BCUT2D eigenvalue weighted by Gasteiger charge is -2.34. The molecule has 0 radical (unpaired) electrons. The molecule has 3 aromatic rings. The quantitative estimate of drug-likeness (QED) is 0.779. The van der Waals surface area contributed by atoms with E-state index in [-0.39, 0.29) is 11.9 Å². The molecule has 0 saturated carbocycles. The van der Waals surface area contributed by atoms with Gasteiger partial charge in [0.1, 0.15) is 6.33 Å². The van der Waals surface area contributed by atoms with Gasteiger partial charge in [-0.2, -0.15) is 0 Å². The van der Waals surface area contributed by atoms with Gasteiger partial charge in [-0.3, -0.25) is 9.20 Å². The molecule has 0 spiro atoms. The van der Waals surface area contributed by atoms with E-state index in [2.05, 4.69) is 27.6 Å². The summed E-state index contributed by atoms with van der Waals surface area (Å²) < 4.78 is 1.79. The highest BCUT2D eigenvalue weighted by Gasteiger charge is 2.25. The van der Waals surface area contributed by atoms with Gasteiger partial charge >= 0.3 is 0 Å². The zero-order valence-electron chi connectivity index (χ0n) is 12.6. The first-order valence-electron chi connectivity index (χ1n) is 7.68. The van der Waals surface area contributed by atoms with E-state index in [1.165, 1.54) is 5.56 Å². The predicted octanol–water partition coefficient (Wildman–Crippen LogP) is 1.52. The van der Waals surface area contributed by atoms with Crippen LogP contribution in [0, 0.1) is 0 Å². The van der Waals surface area contributed by atoms with Crippen LogP contribution in [0.1, 0.15) is 22.0 Å². The molecule has 1 fully saturated rings. The number of amides is 1. The highest BCUT2D eigenvalue weighted by molar-refractivity contribution is 5.95. The van der Waals surface area contributed by atoms with Crippen LogP contribution >= 0.6 is 0 Å². The number of benzene rings is 1. The smallest absolute Gasteiger partial charge is 0.254 e. The Balaban J connectivity index is 1.55. The van der Waals surface area contributed by atoms with Gasteiger partial charge in [0.05, 0.1) is 0 Å². The molecule has 3 heterocycles. The molecule has 1 amide bonds. The summed E-state index contributed by atoms with van der Waals surface area (Å²) in [5.41, 5.74) is 2.54. The Kier molecular flexibility index (Phi) is 3.51. The predicted molar refractivity (Wildman–Crippen MR) is 86.1 cm³/mol. The van der Waals surface area contributed by atoms with E-state index in [0.717, 1.165) is 6.54 Å². The van der Waals surface area contributed by atoms with E-state index in [1.807, 2.05) is 35.4 Å². The molecule has 1 N–H and O–H groups in total. The average molecular weight is 307 g/mol. The summed E-state index contributed by atoms with van der Waals surface area (Å²) in [6.45, 7) is 2.17.